The van der Waals surface area contributed by atoms with E-state index in [1.165, 1.54) is 10.4 Å². The van der Waals surface area contributed by atoms with Crippen LogP contribution in [0.3, 0.4) is 0 Å². The van der Waals surface area contributed by atoms with Gasteiger partial charge in [0.2, 0.25) is 10.0 Å². The van der Waals surface area contributed by atoms with Gasteiger partial charge in [0.15, 0.2) is 5.69 Å². The molecule has 2 aromatic heterocycles. The van der Waals surface area contributed by atoms with Gasteiger partial charge in [-0.15, -0.1) is 0 Å². The van der Waals surface area contributed by atoms with Gasteiger partial charge in [-0.25, -0.2) is 8.42 Å². The number of sulfonamides is 1. The minimum absolute atomic E-state index is 0.0184. The lowest BCUT2D eigenvalue weighted by atomic mass is 9.98. The van der Waals surface area contributed by atoms with Crippen LogP contribution in [-0.2, 0) is 21.4 Å². The van der Waals surface area contributed by atoms with E-state index in [9.17, 15) is 23.1 Å². The number of amides is 1. The second-order valence-electron chi connectivity index (χ2n) is 10.1. The minimum Gasteiger partial charge on any atom is -0.491 e. The summed E-state index contributed by atoms with van der Waals surface area (Å²) in [6, 6.07) is 13.2. The van der Waals surface area contributed by atoms with Gasteiger partial charge in [0.05, 0.1) is 16.5 Å². The van der Waals surface area contributed by atoms with Crippen molar-refractivity contribution in [2.24, 2.45) is 0 Å². The summed E-state index contributed by atoms with van der Waals surface area (Å²) in [4.78, 5) is 24.4. The minimum atomic E-state index is -3.72. The van der Waals surface area contributed by atoms with Crippen LogP contribution in [0.25, 0.3) is 10.9 Å². The quantitative estimate of drug-likeness (QED) is 0.306. The fourth-order valence-corrected chi connectivity index (χ4v) is 6.48. The molecule has 40 heavy (non-hydrogen) atoms. The number of ether oxygens (including phenoxy) is 1. The van der Waals surface area contributed by atoms with E-state index in [4.69, 9.17) is 9.26 Å². The molecule has 0 saturated carbocycles. The van der Waals surface area contributed by atoms with Crippen LogP contribution in [0.15, 0.2) is 64.1 Å². The maximum atomic E-state index is 13.4. The average Bonchev–Trinajstić information content (AvgIpc) is 3.63. The molecular formula is C28H30N4O7S. The molecule has 2 N–H and O–H groups in total. The van der Waals surface area contributed by atoms with Gasteiger partial charge in [-0.05, 0) is 69.2 Å². The summed E-state index contributed by atoms with van der Waals surface area (Å²) >= 11 is 0. The first-order chi connectivity index (χ1) is 19.0. The maximum absolute atomic E-state index is 13.4. The number of rotatable bonds is 9. The molecule has 12 heteroatoms. The summed E-state index contributed by atoms with van der Waals surface area (Å²) in [5, 5.41) is 16.8. The molecule has 1 saturated heterocycles. The van der Waals surface area contributed by atoms with Crippen molar-refractivity contribution in [3.8, 4) is 5.75 Å². The molecule has 0 spiro atoms. The molecule has 1 aliphatic rings. The lowest BCUT2D eigenvalue weighted by Crippen LogP contribution is -2.28. The molecule has 1 aliphatic heterocycles. The molecule has 5 rings (SSSR count). The number of nitrogens with zero attached hydrogens (tertiary/aromatic N) is 3. The number of nitrogens with one attached hydrogen (secondary N) is 1. The van der Waals surface area contributed by atoms with Gasteiger partial charge in [-0.3, -0.25) is 9.59 Å². The molecule has 1 atom stereocenters. The standard InChI is InChI=1S/C28H30N4O7S/c1-17(2)38-21-5-7-22(8-6-21)40(36,37)32-11-10-19(14-32)24-15-31(16-27(33)34)26-13-20(4-9-23(24)26)29-28(35)25-12-18(3)39-30-25/h4-9,12-13,15,17,19H,10-11,14,16H2,1-3H3,(H,29,35)(H,33,34). The summed E-state index contributed by atoms with van der Waals surface area (Å²) in [5.74, 6) is -0.490. The third kappa shape index (κ3) is 5.58. The number of anilines is 1. The fraction of sp³-hybridized carbons (Fsp3) is 0.321. The Morgan fingerprint density at radius 3 is 2.58 bits per heavy atom. The van der Waals surface area contributed by atoms with Crippen molar-refractivity contribution in [3.63, 3.8) is 0 Å². The number of carbonyl (C=O) groups is 2. The summed E-state index contributed by atoms with van der Waals surface area (Å²) in [6.45, 7) is 5.81. The van der Waals surface area contributed by atoms with E-state index < -0.39 is 21.9 Å². The zero-order valence-electron chi connectivity index (χ0n) is 22.3. The molecule has 1 fully saturated rings. The molecular weight excluding hydrogens is 536 g/mol. The van der Waals surface area contributed by atoms with Crippen molar-refractivity contribution in [3.05, 3.63) is 71.7 Å². The normalized spacial score (nSPS) is 16.1. The maximum Gasteiger partial charge on any atom is 0.323 e. The molecule has 1 amide bonds. The van der Waals surface area contributed by atoms with Crippen LogP contribution >= 0.6 is 0 Å². The van der Waals surface area contributed by atoms with E-state index in [1.54, 1.807) is 54.1 Å². The van der Waals surface area contributed by atoms with E-state index in [1.807, 2.05) is 19.9 Å². The highest BCUT2D eigenvalue weighted by Crippen LogP contribution is 2.37. The topological polar surface area (TPSA) is 144 Å². The monoisotopic (exact) mass is 566 g/mol. The fourth-order valence-electron chi connectivity index (χ4n) is 4.98. The van der Waals surface area contributed by atoms with Crippen LogP contribution in [0.1, 0.15) is 48.0 Å². The molecule has 210 valence electrons. The molecule has 2 aromatic carbocycles. The highest BCUT2D eigenvalue weighted by Gasteiger charge is 2.34. The van der Waals surface area contributed by atoms with E-state index >= 15 is 0 Å². The van der Waals surface area contributed by atoms with Crippen LogP contribution in [0.2, 0.25) is 0 Å². The van der Waals surface area contributed by atoms with Gasteiger partial charge >= 0.3 is 5.97 Å². The number of hydrogen-bond donors (Lipinski definition) is 2. The van der Waals surface area contributed by atoms with Gasteiger partial charge in [-0.2, -0.15) is 4.31 Å². The SMILES string of the molecule is Cc1cc(C(=O)Nc2ccc3c(C4CCN(S(=O)(=O)c5ccc(OC(C)C)cc5)C4)cn(CC(=O)O)c3c2)no1. The van der Waals surface area contributed by atoms with Crippen molar-refractivity contribution < 1.29 is 32.4 Å². The second-order valence-corrected chi connectivity index (χ2v) is 12.0. The van der Waals surface area contributed by atoms with Gasteiger partial charge in [0, 0.05) is 42.3 Å². The van der Waals surface area contributed by atoms with E-state index in [0.29, 0.717) is 35.7 Å². The zero-order chi connectivity index (χ0) is 28.6. The Balaban J connectivity index is 1.39. The Morgan fingerprint density at radius 1 is 1.18 bits per heavy atom. The second kappa shape index (κ2) is 10.8. The summed E-state index contributed by atoms with van der Waals surface area (Å²) in [6.07, 6.45) is 2.34. The number of aromatic nitrogens is 2. The Bertz CT molecular complexity index is 1670. The predicted molar refractivity (Wildman–Crippen MR) is 147 cm³/mol. The van der Waals surface area contributed by atoms with Crippen molar-refractivity contribution >= 4 is 38.5 Å². The summed E-state index contributed by atoms with van der Waals surface area (Å²) in [7, 11) is -3.72. The van der Waals surface area contributed by atoms with E-state index in [0.717, 1.165) is 10.9 Å². The molecule has 4 aromatic rings. The third-order valence-electron chi connectivity index (χ3n) is 6.76. The highest BCUT2D eigenvalue weighted by molar-refractivity contribution is 7.89. The summed E-state index contributed by atoms with van der Waals surface area (Å²) in [5.41, 5.74) is 2.08. The first-order valence-corrected chi connectivity index (χ1v) is 14.3. The largest absolute Gasteiger partial charge is 0.491 e. The van der Waals surface area contributed by atoms with Crippen molar-refractivity contribution in [2.45, 2.75) is 50.7 Å². The van der Waals surface area contributed by atoms with Crippen LogP contribution in [0.5, 0.6) is 5.75 Å². The van der Waals surface area contributed by atoms with Crippen LogP contribution < -0.4 is 10.1 Å². The Kier molecular flexibility index (Phi) is 7.39. The lowest BCUT2D eigenvalue weighted by Gasteiger charge is -2.17. The first-order valence-electron chi connectivity index (χ1n) is 12.9. The van der Waals surface area contributed by atoms with Crippen LogP contribution in [0, 0.1) is 6.92 Å². The van der Waals surface area contributed by atoms with Crippen LogP contribution in [0.4, 0.5) is 5.69 Å². The number of benzene rings is 2. The van der Waals surface area contributed by atoms with Gasteiger partial charge in [0.25, 0.3) is 5.91 Å². The highest BCUT2D eigenvalue weighted by atomic mass is 32.2. The number of hydrogen-bond acceptors (Lipinski definition) is 7. The van der Waals surface area contributed by atoms with E-state index in [-0.39, 0.29) is 35.7 Å². The number of aryl methyl sites for hydroxylation is 1. The molecule has 0 radical (unpaired) electrons. The molecule has 1 unspecified atom stereocenters. The first kappa shape index (κ1) is 27.4. The molecule has 0 bridgehead atoms. The Hall–Kier alpha value is -4.16. The van der Waals surface area contributed by atoms with E-state index in [2.05, 4.69) is 10.5 Å². The zero-order valence-corrected chi connectivity index (χ0v) is 23.1. The van der Waals surface area contributed by atoms with Gasteiger partial charge in [-0.1, -0.05) is 11.2 Å². The van der Waals surface area contributed by atoms with Gasteiger partial charge in [0.1, 0.15) is 18.1 Å². The smallest absolute Gasteiger partial charge is 0.323 e. The number of aliphatic carboxylic acids is 1. The molecule has 11 nitrogen and oxygen atoms in total. The number of carbonyl (C=O) groups excluding carboxylic acids is 1. The molecule has 3 heterocycles. The van der Waals surface area contributed by atoms with Crippen molar-refractivity contribution in [1.82, 2.24) is 14.0 Å². The lowest BCUT2D eigenvalue weighted by molar-refractivity contribution is -0.137. The third-order valence-corrected chi connectivity index (χ3v) is 8.64. The summed E-state index contributed by atoms with van der Waals surface area (Å²) < 4.78 is 40.4. The van der Waals surface area contributed by atoms with Crippen molar-refractivity contribution in [2.75, 3.05) is 18.4 Å². The van der Waals surface area contributed by atoms with Gasteiger partial charge < -0.3 is 24.3 Å². The van der Waals surface area contributed by atoms with Crippen LogP contribution in [-0.4, -0.2) is 58.6 Å². The van der Waals surface area contributed by atoms with Crippen molar-refractivity contribution in [1.29, 1.82) is 0 Å². The number of carboxylic acid groups (broad SMARTS) is 1. The number of carboxylic acids is 1. The molecule has 0 aliphatic carbocycles. The predicted octanol–water partition coefficient (Wildman–Crippen LogP) is 4.24. The number of fused-ring (bicyclic) bond motifs is 1. The Labute approximate surface area is 231 Å². The Morgan fingerprint density at radius 2 is 1.93 bits per heavy atom. The average molecular weight is 567 g/mol.